The van der Waals surface area contributed by atoms with Crippen LogP contribution in [-0.2, 0) is 0 Å². The summed E-state index contributed by atoms with van der Waals surface area (Å²) in [6, 6.07) is 6.57. The summed E-state index contributed by atoms with van der Waals surface area (Å²) in [4.78, 5) is 2.57. The minimum Gasteiger partial charge on any atom is -0.497 e. The van der Waals surface area contributed by atoms with Gasteiger partial charge in [-0.05, 0) is 43.5 Å². The number of benzene rings is 1. The Morgan fingerprint density at radius 1 is 1.26 bits per heavy atom. The fraction of sp³-hybridized carbons (Fsp3) is 0.625. The highest BCUT2D eigenvalue weighted by molar-refractivity contribution is 5.42. The second kappa shape index (κ2) is 6.29. The Labute approximate surface area is 116 Å². The summed E-state index contributed by atoms with van der Waals surface area (Å²) in [5.41, 5.74) is 1.26. The molecule has 0 bridgehead atoms. The lowest BCUT2D eigenvalue weighted by molar-refractivity contribution is 0.224. The Kier molecular flexibility index (Phi) is 4.70. The third-order valence-corrected chi connectivity index (χ3v) is 3.76. The van der Waals surface area contributed by atoms with Crippen LogP contribution in [-0.4, -0.2) is 32.2 Å². The molecule has 1 aliphatic heterocycles. The van der Waals surface area contributed by atoms with Gasteiger partial charge >= 0.3 is 0 Å². The van der Waals surface area contributed by atoms with Crippen molar-refractivity contribution in [2.24, 2.45) is 5.92 Å². The molecule has 3 heteroatoms. The van der Waals surface area contributed by atoms with Crippen LogP contribution >= 0.6 is 0 Å². The predicted octanol–water partition coefficient (Wildman–Crippen LogP) is 3.50. The molecule has 0 radical (unpaired) electrons. The molecule has 0 aliphatic carbocycles. The molecule has 0 saturated carbocycles. The van der Waals surface area contributed by atoms with Crippen LogP contribution in [0.25, 0.3) is 0 Å². The number of nitrogens with zero attached hydrogens (tertiary/aromatic N) is 1. The van der Waals surface area contributed by atoms with E-state index in [2.05, 4.69) is 24.8 Å². The van der Waals surface area contributed by atoms with Crippen LogP contribution in [0.3, 0.4) is 0 Å². The average Bonchev–Trinajstić information content (AvgIpc) is 2.85. The molecule has 0 N–H and O–H groups in total. The van der Waals surface area contributed by atoms with E-state index in [1.807, 2.05) is 12.1 Å². The first-order valence-electron chi connectivity index (χ1n) is 7.11. The fourth-order valence-corrected chi connectivity index (χ4v) is 2.97. The molecule has 1 fully saturated rings. The van der Waals surface area contributed by atoms with Gasteiger partial charge in [-0.1, -0.05) is 13.8 Å². The van der Waals surface area contributed by atoms with E-state index in [0.717, 1.165) is 18.0 Å². The zero-order valence-corrected chi connectivity index (χ0v) is 12.5. The van der Waals surface area contributed by atoms with Crippen LogP contribution in [0.1, 0.15) is 38.3 Å². The standard InChI is InChI=1S/C16H25NO2/c1-12(2)11-17-9-5-6-15(17)14-10-13(18-3)7-8-16(14)19-4/h7-8,10,12,15H,5-6,9,11H2,1-4H3/t15-/m1/s1. The zero-order valence-electron chi connectivity index (χ0n) is 12.5. The lowest BCUT2D eigenvalue weighted by atomic mass is 10.0. The normalized spacial score (nSPS) is 19.9. The summed E-state index contributed by atoms with van der Waals surface area (Å²) in [6.45, 7) is 6.88. The van der Waals surface area contributed by atoms with E-state index in [1.165, 1.54) is 24.9 Å². The van der Waals surface area contributed by atoms with Crippen molar-refractivity contribution in [2.75, 3.05) is 27.3 Å². The summed E-state index contributed by atoms with van der Waals surface area (Å²) in [5, 5.41) is 0. The predicted molar refractivity (Wildman–Crippen MR) is 77.9 cm³/mol. The van der Waals surface area contributed by atoms with Crippen LogP contribution in [0.4, 0.5) is 0 Å². The van der Waals surface area contributed by atoms with E-state index < -0.39 is 0 Å². The maximum Gasteiger partial charge on any atom is 0.123 e. The highest BCUT2D eigenvalue weighted by atomic mass is 16.5. The molecule has 2 rings (SSSR count). The van der Waals surface area contributed by atoms with E-state index in [0.29, 0.717) is 12.0 Å². The minimum absolute atomic E-state index is 0.465. The highest BCUT2D eigenvalue weighted by Gasteiger charge is 2.28. The molecule has 1 aromatic rings. The van der Waals surface area contributed by atoms with E-state index in [9.17, 15) is 0 Å². The van der Waals surface area contributed by atoms with Gasteiger partial charge in [0.2, 0.25) is 0 Å². The topological polar surface area (TPSA) is 21.7 Å². The Hall–Kier alpha value is -1.22. The second-order valence-corrected chi connectivity index (χ2v) is 5.65. The van der Waals surface area contributed by atoms with Crippen LogP contribution in [0.2, 0.25) is 0 Å². The molecule has 106 valence electrons. The number of rotatable bonds is 5. The number of hydrogen-bond acceptors (Lipinski definition) is 3. The van der Waals surface area contributed by atoms with Gasteiger partial charge < -0.3 is 9.47 Å². The molecule has 0 spiro atoms. The number of likely N-dealkylation sites (tertiary alicyclic amines) is 1. The van der Waals surface area contributed by atoms with E-state index >= 15 is 0 Å². The molecule has 1 aliphatic rings. The number of methoxy groups -OCH3 is 2. The van der Waals surface area contributed by atoms with Crippen LogP contribution in [0, 0.1) is 5.92 Å². The molecule has 19 heavy (non-hydrogen) atoms. The van der Waals surface area contributed by atoms with Gasteiger partial charge in [0.1, 0.15) is 11.5 Å². The summed E-state index contributed by atoms with van der Waals surface area (Å²) >= 11 is 0. The Balaban J connectivity index is 2.28. The van der Waals surface area contributed by atoms with Crippen molar-refractivity contribution in [3.8, 4) is 11.5 Å². The van der Waals surface area contributed by atoms with Crippen LogP contribution in [0.5, 0.6) is 11.5 Å². The summed E-state index contributed by atoms with van der Waals surface area (Å²) in [5.74, 6) is 2.57. The lowest BCUT2D eigenvalue weighted by Crippen LogP contribution is -2.27. The van der Waals surface area contributed by atoms with Crippen molar-refractivity contribution < 1.29 is 9.47 Å². The van der Waals surface area contributed by atoms with E-state index in [-0.39, 0.29) is 0 Å². The quantitative estimate of drug-likeness (QED) is 0.811. The highest BCUT2D eigenvalue weighted by Crippen LogP contribution is 2.39. The molecule has 0 amide bonds. The van der Waals surface area contributed by atoms with Crippen molar-refractivity contribution in [3.63, 3.8) is 0 Å². The molecule has 1 saturated heterocycles. The maximum absolute atomic E-state index is 5.53. The van der Waals surface area contributed by atoms with Crippen molar-refractivity contribution in [2.45, 2.75) is 32.7 Å². The average molecular weight is 263 g/mol. The van der Waals surface area contributed by atoms with Crippen molar-refractivity contribution >= 4 is 0 Å². The number of ether oxygens (including phenoxy) is 2. The SMILES string of the molecule is COc1ccc(OC)c([C@H]2CCCN2CC(C)C)c1. The van der Waals surface area contributed by atoms with Gasteiger partial charge in [-0.3, -0.25) is 4.90 Å². The van der Waals surface area contributed by atoms with Crippen molar-refractivity contribution in [1.29, 1.82) is 0 Å². The Bertz CT molecular complexity index is 417. The number of hydrogen-bond donors (Lipinski definition) is 0. The fourth-order valence-electron chi connectivity index (χ4n) is 2.97. The van der Waals surface area contributed by atoms with Gasteiger partial charge in [-0.25, -0.2) is 0 Å². The van der Waals surface area contributed by atoms with Crippen LogP contribution < -0.4 is 9.47 Å². The molecule has 3 nitrogen and oxygen atoms in total. The molecule has 1 atom stereocenters. The molecular formula is C16H25NO2. The lowest BCUT2D eigenvalue weighted by Gasteiger charge is -2.27. The smallest absolute Gasteiger partial charge is 0.123 e. The monoisotopic (exact) mass is 263 g/mol. The summed E-state index contributed by atoms with van der Waals surface area (Å²) in [7, 11) is 3.46. The first kappa shape index (κ1) is 14.2. The van der Waals surface area contributed by atoms with Crippen molar-refractivity contribution in [1.82, 2.24) is 4.90 Å². The second-order valence-electron chi connectivity index (χ2n) is 5.65. The van der Waals surface area contributed by atoms with E-state index in [1.54, 1.807) is 14.2 Å². The van der Waals surface area contributed by atoms with Gasteiger partial charge in [0.25, 0.3) is 0 Å². The minimum atomic E-state index is 0.465. The van der Waals surface area contributed by atoms with E-state index in [4.69, 9.17) is 9.47 Å². The van der Waals surface area contributed by atoms with Gasteiger partial charge in [0, 0.05) is 18.2 Å². The first-order chi connectivity index (χ1) is 9.15. The molecule has 0 unspecified atom stereocenters. The van der Waals surface area contributed by atoms with Gasteiger partial charge in [0.15, 0.2) is 0 Å². The largest absolute Gasteiger partial charge is 0.497 e. The molecule has 1 aromatic carbocycles. The Morgan fingerprint density at radius 2 is 2.05 bits per heavy atom. The Morgan fingerprint density at radius 3 is 2.68 bits per heavy atom. The van der Waals surface area contributed by atoms with Crippen LogP contribution in [0.15, 0.2) is 18.2 Å². The van der Waals surface area contributed by atoms with Gasteiger partial charge in [-0.15, -0.1) is 0 Å². The van der Waals surface area contributed by atoms with Crippen molar-refractivity contribution in [3.05, 3.63) is 23.8 Å². The maximum atomic E-state index is 5.53. The van der Waals surface area contributed by atoms with Gasteiger partial charge in [-0.2, -0.15) is 0 Å². The zero-order chi connectivity index (χ0) is 13.8. The summed E-state index contributed by atoms with van der Waals surface area (Å²) < 4.78 is 10.9. The first-order valence-corrected chi connectivity index (χ1v) is 7.11. The van der Waals surface area contributed by atoms with Gasteiger partial charge in [0.05, 0.1) is 14.2 Å². The third-order valence-electron chi connectivity index (χ3n) is 3.76. The molecule has 0 aromatic heterocycles. The molecular weight excluding hydrogens is 238 g/mol. The molecule has 1 heterocycles. The third kappa shape index (κ3) is 3.21. The summed E-state index contributed by atoms with van der Waals surface area (Å²) in [6.07, 6.45) is 2.47.